The fourth-order valence-electron chi connectivity index (χ4n) is 3.65. The third kappa shape index (κ3) is 2.58. The second kappa shape index (κ2) is 6.03. The van der Waals surface area contributed by atoms with Gasteiger partial charge in [-0.2, -0.15) is 0 Å². The van der Waals surface area contributed by atoms with Crippen LogP contribution in [0.5, 0.6) is 0 Å². The van der Waals surface area contributed by atoms with E-state index in [1.54, 1.807) is 0 Å². The fourth-order valence-corrected chi connectivity index (χ4v) is 3.65. The molecule has 1 saturated heterocycles. The van der Waals surface area contributed by atoms with Crippen LogP contribution in [0.1, 0.15) is 31.6 Å². The van der Waals surface area contributed by atoms with E-state index in [0.29, 0.717) is 6.04 Å². The Hall–Kier alpha value is -2.36. The van der Waals surface area contributed by atoms with Gasteiger partial charge in [0.2, 0.25) is 0 Å². The summed E-state index contributed by atoms with van der Waals surface area (Å²) in [5.41, 5.74) is 2.40. The highest BCUT2D eigenvalue weighted by Gasteiger charge is 2.24. The third-order valence-corrected chi connectivity index (χ3v) is 4.79. The Morgan fingerprint density at radius 2 is 1.83 bits per heavy atom. The van der Waals surface area contributed by atoms with Crippen LogP contribution in [0.4, 0.5) is 5.82 Å². The number of rotatable bonds is 3. The highest BCUT2D eigenvalue weighted by atomic mass is 15.2. The number of aryl methyl sites for hydroxylation is 1. The van der Waals surface area contributed by atoms with Crippen molar-refractivity contribution in [2.24, 2.45) is 0 Å². The molecule has 0 amide bonds. The number of pyridine rings is 1. The molecule has 4 nitrogen and oxygen atoms in total. The van der Waals surface area contributed by atoms with Gasteiger partial charge < -0.3 is 9.47 Å². The van der Waals surface area contributed by atoms with Gasteiger partial charge in [-0.3, -0.25) is 0 Å². The van der Waals surface area contributed by atoms with Crippen LogP contribution in [0.2, 0.25) is 0 Å². The van der Waals surface area contributed by atoms with E-state index in [-0.39, 0.29) is 0 Å². The molecular formula is C19H22N4. The Morgan fingerprint density at radius 1 is 1.04 bits per heavy atom. The lowest BCUT2D eigenvalue weighted by molar-refractivity contribution is 0.394. The van der Waals surface area contributed by atoms with E-state index in [2.05, 4.69) is 57.8 Å². The summed E-state index contributed by atoms with van der Waals surface area (Å²) in [6.45, 7) is 4.30. The molecule has 0 spiro atoms. The standard InChI is InChI=1S/C19H22N4/c1-2-18-21-16-7-3-4-8-17(16)23(18)15-10-13-22(14-11-15)19-9-5-6-12-20-19/h3-9,12,15H,2,10-11,13-14H2,1H3. The Morgan fingerprint density at radius 3 is 2.57 bits per heavy atom. The average Bonchev–Trinajstić information content (AvgIpc) is 3.01. The molecule has 0 saturated carbocycles. The van der Waals surface area contributed by atoms with Gasteiger partial charge in [-0.25, -0.2) is 9.97 Å². The van der Waals surface area contributed by atoms with E-state index in [9.17, 15) is 0 Å². The first kappa shape index (κ1) is 14.2. The van der Waals surface area contributed by atoms with Gasteiger partial charge in [-0.05, 0) is 37.1 Å². The lowest BCUT2D eigenvalue weighted by Crippen LogP contribution is -2.35. The fraction of sp³-hybridized carbons (Fsp3) is 0.368. The normalized spacial score (nSPS) is 16.1. The molecule has 0 atom stereocenters. The maximum absolute atomic E-state index is 4.82. The molecule has 0 unspecified atom stereocenters. The molecule has 1 fully saturated rings. The summed E-state index contributed by atoms with van der Waals surface area (Å²) >= 11 is 0. The van der Waals surface area contributed by atoms with Crippen LogP contribution in [-0.4, -0.2) is 27.6 Å². The molecule has 1 aliphatic rings. The van der Waals surface area contributed by atoms with Crippen LogP contribution in [0.25, 0.3) is 11.0 Å². The van der Waals surface area contributed by atoms with Crippen molar-refractivity contribution in [1.29, 1.82) is 0 Å². The maximum Gasteiger partial charge on any atom is 0.128 e. The predicted molar refractivity (Wildman–Crippen MR) is 93.8 cm³/mol. The van der Waals surface area contributed by atoms with Crippen LogP contribution in [0.3, 0.4) is 0 Å². The van der Waals surface area contributed by atoms with Gasteiger partial charge in [0.15, 0.2) is 0 Å². The summed E-state index contributed by atoms with van der Waals surface area (Å²) in [6, 6.07) is 15.2. The number of benzene rings is 1. The van der Waals surface area contributed by atoms with E-state index in [1.165, 1.54) is 11.3 Å². The SMILES string of the molecule is CCc1nc2ccccc2n1C1CCN(c2ccccn2)CC1. The Balaban J connectivity index is 1.59. The third-order valence-electron chi connectivity index (χ3n) is 4.79. The van der Waals surface area contributed by atoms with Gasteiger partial charge in [-0.1, -0.05) is 25.1 Å². The van der Waals surface area contributed by atoms with Crippen molar-refractivity contribution in [3.63, 3.8) is 0 Å². The molecular weight excluding hydrogens is 284 g/mol. The summed E-state index contributed by atoms with van der Waals surface area (Å²) in [7, 11) is 0. The molecule has 4 rings (SSSR count). The second-order valence-electron chi connectivity index (χ2n) is 6.15. The number of aromatic nitrogens is 3. The van der Waals surface area contributed by atoms with Crippen molar-refractivity contribution in [3.8, 4) is 0 Å². The minimum atomic E-state index is 0.539. The summed E-state index contributed by atoms with van der Waals surface area (Å²) < 4.78 is 2.48. The van der Waals surface area contributed by atoms with Crippen LogP contribution in [0.15, 0.2) is 48.7 Å². The molecule has 118 valence electrons. The maximum atomic E-state index is 4.82. The Labute approximate surface area is 136 Å². The van der Waals surface area contributed by atoms with E-state index in [1.807, 2.05) is 12.3 Å². The number of fused-ring (bicyclic) bond motifs is 1. The topological polar surface area (TPSA) is 34.0 Å². The van der Waals surface area contributed by atoms with E-state index < -0.39 is 0 Å². The zero-order valence-corrected chi connectivity index (χ0v) is 13.5. The van der Waals surface area contributed by atoms with Gasteiger partial charge in [0.05, 0.1) is 11.0 Å². The largest absolute Gasteiger partial charge is 0.356 e. The van der Waals surface area contributed by atoms with Crippen molar-refractivity contribution in [1.82, 2.24) is 14.5 Å². The van der Waals surface area contributed by atoms with Crippen molar-refractivity contribution in [2.45, 2.75) is 32.2 Å². The molecule has 0 bridgehead atoms. The van der Waals surface area contributed by atoms with Crippen LogP contribution >= 0.6 is 0 Å². The second-order valence-corrected chi connectivity index (χ2v) is 6.15. The van der Waals surface area contributed by atoms with Gasteiger partial charge in [0.1, 0.15) is 11.6 Å². The van der Waals surface area contributed by atoms with Crippen LogP contribution in [0, 0.1) is 0 Å². The van der Waals surface area contributed by atoms with E-state index >= 15 is 0 Å². The number of para-hydroxylation sites is 2. The molecule has 0 radical (unpaired) electrons. The Kier molecular flexibility index (Phi) is 3.74. The highest BCUT2D eigenvalue weighted by Crippen LogP contribution is 2.30. The molecule has 0 aliphatic carbocycles. The molecule has 1 aliphatic heterocycles. The van der Waals surface area contributed by atoms with Crippen LogP contribution in [-0.2, 0) is 6.42 Å². The van der Waals surface area contributed by atoms with Gasteiger partial charge in [0.25, 0.3) is 0 Å². The lowest BCUT2D eigenvalue weighted by Gasteiger charge is -2.34. The van der Waals surface area contributed by atoms with E-state index in [4.69, 9.17) is 4.98 Å². The summed E-state index contributed by atoms with van der Waals surface area (Å²) in [4.78, 5) is 11.7. The first-order valence-electron chi connectivity index (χ1n) is 8.48. The number of hydrogen-bond donors (Lipinski definition) is 0. The smallest absolute Gasteiger partial charge is 0.128 e. The average molecular weight is 306 g/mol. The number of piperidine rings is 1. The molecule has 3 aromatic rings. The molecule has 2 aromatic heterocycles. The summed E-state index contributed by atoms with van der Waals surface area (Å²) in [5, 5.41) is 0. The highest BCUT2D eigenvalue weighted by molar-refractivity contribution is 5.76. The number of anilines is 1. The van der Waals surface area contributed by atoms with Crippen LogP contribution < -0.4 is 4.90 Å². The number of imidazole rings is 1. The lowest BCUT2D eigenvalue weighted by atomic mass is 10.0. The first-order chi connectivity index (χ1) is 11.4. The molecule has 4 heteroatoms. The van der Waals surface area contributed by atoms with E-state index in [0.717, 1.165) is 43.7 Å². The van der Waals surface area contributed by atoms with Crippen molar-refractivity contribution < 1.29 is 0 Å². The zero-order valence-electron chi connectivity index (χ0n) is 13.5. The predicted octanol–water partition coefficient (Wildman–Crippen LogP) is 3.84. The summed E-state index contributed by atoms with van der Waals surface area (Å²) in [5.74, 6) is 2.31. The molecule has 3 heterocycles. The monoisotopic (exact) mass is 306 g/mol. The number of nitrogens with zero attached hydrogens (tertiary/aromatic N) is 4. The van der Waals surface area contributed by atoms with Crippen molar-refractivity contribution in [2.75, 3.05) is 18.0 Å². The summed E-state index contributed by atoms with van der Waals surface area (Å²) in [6.07, 6.45) is 5.14. The van der Waals surface area contributed by atoms with Crippen molar-refractivity contribution in [3.05, 3.63) is 54.5 Å². The van der Waals surface area contributed by atoms with Gasteiger partial charge >= 0.3 is 0 Å². The first-order valence-corrected chi connectivity index (χ1v) is 8.48. The minimum absolute atomic E-state index is 0.539. The molecule has 23 heavy (non-hydrogen) atoms. The zero-order chi connectivity index (χ0) is 15.6. The Bertz CT molecular complexity index is 785. The van der Waals surface area contributed by atoms with Gasteiger partial charge in [-0.15, -0.1) is 0 Å². The van der Waals surface area contributed by atoms with Gasteiger partial charge in [0, 0.05) is 31.7 Å². The minimum Gasteiger partial charge on any atom is -0.356 e. The number of hydrogen-bond acceptors (Lipinski definition) is 3. The quantitative estimate of drug-likeness (QED) is 0.737. The molecule has 0 N–H and O–H groups in total. The molecule has 1 aromatic carbocycles. The van der Waals surface area contributed by atoms with Crippen molar-refractivity contribution >= 4 is 16.9 Å².